The molecule has 1 rings (SSSR count). The number of unbranched alkanes of at least 4 members (excludes halogenated alkanes) is 2. The van der Waals surface area contributed by atoms with Crippen LogP contribution < -0.4 is 0 Å². The summed E-state index contributed by atoms with van der Waals surface area (Å²) in [4.78, 5) is 13.1. The summed E-state index contributed by atoms with van der Waals surface area (Å²) in [6.45, 7) is 4.47. The molecule has 76 valence electrons. The summed E-state index contributed by atoms with van der Waals surface area (Å²) in [7, 11) is 0. The van der Waals surface area contributed by atoms with E-state index in [1.165, 1.54) is 32.1 Å². The first-order valence-corrected chi connectivity index (χ1v) is 5.58. The second kappa shape index (κ2) is 6.14. The maximum absolute atomic E-state index is 10.8. The minimum Gasteiger partial charge on any atom is -0.302 e. The molecular weight excluding hydrogens is 162 g/mol. The second-order valence-corrected chi connectivity index (χ2v) is 3.94. The van der Waals surface area contributed by atoms with Crippen molar-refractivity contribution in [1.82, 2.24) is 4.90 Å². The predicted octanol–water partition coefficient (Wildman–Crippen LogP) is 2.23. The minimum absolute atomic E-state index is 0.227. The van der Waals surface area contributed by atoms with Crippen molar-refractivity contribution in [2.24, 2.45) is 0 Å². The highest BCUT2D eigenvalue weighted by atomic mass is 16.1. The fourth-order valence-corrected chi connectivity index (χ4v) is 2.01. The highest BCUT2D eigenvalue weighted by Crippen LogP contribution is 2.15. The average molecular weight is 183 g/mol. The van der Waals surface area contributed by atoms with Gasteiger partial charge in [0.1, 0.15) is 6.29 Å². The van der Waals surface area contributed by atoms with Crippen LogP contribution in [0, 0.1) is 0 Å². The lowest BCUT2D eigenvalue weighted by Crippen LogP contribution is -2.40. The molecular formula is C11H21NO. The highest BCUT2D eigenvalue weighted by molar-refractivity contribution is 5.57. The van der Waals surface area contributed by atoms with Crippen molar-refractivity contribution in [2.45, 2.75) is 51.5 Å². The molecule has 0 amide bonds. The number of carbonyl (C=O) groups is 1. The van der Waals surface area contributed by atoms with Gasteiger partial charge in [0.2, 0.25) is 0 Å². The Labute approximate surface area is 81.3 Å². The number of piperidine rings is 1. The van der Waals surface area contributed by atoms with Gasteiger partial charge in [-0.2, -0.15) is 0 Å². The first-order chi connectivity index (χ1) is 6.38. The van der Waals surface area contributed by atoms with Crippen molar-refractivity contribution >= 4 is 6.29 Å². The first-order valence-electron chi connectivity index (χ1n) is 5.58. The van der Waals surface area contributed by atoms with Crippen LogP contribution in [0.3, 0.4) is 0 Å². The van der Waals surface area contributed by atoms with Gasteiger partial charge in [-0.25, -0.2) is 0 Å². The summed E-state index contributed by atoms with van der Waals surface area (Å²) in [5.41, 5.74) is 0. The molecule has 1 saturated heterocycles. The van der Waals surface area contributed by atoms with E-state index in [0.29, 0.717) is 0 Å². The number of likely N-dealkylation sites (tertiary alicyclic amines) is 1. The number of hydrogen-bond acceptors (Lipinski definition) is 2. The lowest BCUT2D eigenvalue weighted by molar-refractivity contribution is -0.113. The van der Waals surface area contributed by atoms with Crippen LogP contribution in [0.4, 0.5) is 0 Å². The third-order valence-corrected chi connectivity index (χ3v) is 2.87. The molecule has 0 saturated carbocycles. The van der Waals surface area contributed by atoms with Gasteiger partial charge in [-0.15, -0.1) is 0 Å². The van der Waals surface area contributed by atoms with Crippen LogP contribution in [0.15, 0.2) is 0 Å². The first kappa shape index (κ1) is 10.7. The Morgan fingerprint density at radius 3 is 2.92 bits per heavy atom. The fourth-order valence-electron chi connectivity index (χ4n) is 2.01. The summed E-state index contributed by atoms with van der Waals surface area (Å²) in [5.74, 6) is 0. The summed E-state index contributed by atoms with van der Waals surface area (Å²) < 4.78 is 0. The molecule has 1 aliphatic rings. The molecule has 0 aliphatic carbocycles. The van der Waals surface area contributed by atoms with Gasteiger partial charge in [-0.1, -0.05) is 26.2 Å². The predicted molar refractivity (Wildman–Crippen MR) is 54.8 cm³/mol. The molecule has 2 heteroatoms. The van der Waals surface area contributed by atoms with Gasteiger partial charge in [0.15, 0.2) is 0 Å². The van der Waals surface area contributed by atoms with E-state index in [1.807, 2.05) is 0 Å². The van der Waals surface area contributed by atoms with Crippen molar-refractivity contribution in [3.8, 4) is 0 Å². The van der Waals surface area contributed by atoms with E-state index >= 15 is 0 Å². The monoisotopic (exact) mass is 183 g/mol. The van der Waals surface area contributed by atoms with Gasteiger partial charge >= 0.3 is 0 Å². The molecule has 0 aromatic rings. The van der Waals surface area contributed by atoms with E-state index in [2.05, 4.69) is 11.8 Å². The molecule has 1 fully saturated rings. The maximum atomic E-state index is 10.8. The molecule has 0 aromatic heterocycles. The molecule has 1 heterocycles. The fraction of sp³-hybridized carbons (Fsp3) is 0.909. The smallest absolute Gasteiger partial charge is 0.137 e. The van der Waals surface area contributed by atoms with Crippen molar-refractivity contribution in [1.29, 1.82) is 0 Å². The topological polar surface area (TPSA) is 20.3 Å². The van der Waals surface area contributed by atoms with E-state index in [9.17, 15) is 4.79 Å². The standard InChI is InChI=1S/C11H21NO/c1-2-3-5-8-12-9-6-4-7-11(12)10-13/h10-11H,2-9H2,1H3. The van der Waals surface area contributed by atoms with Crippen LogP contribution >= 0.6 is 0 Å². The Bertz CT molecular complexity index is 147. The maximum Gasteiger partial charge on any atom is 0.137 e. The Morgan fingerprint density at radius 1 is 1.38 bits per heavy atom. The lowest BCUT2D eigenvalue weighted by atomic mass is 10.0. The quantitative estimate of drug-likeness (QED) is 0.481. The zero-order valence-electron chi connectivity index (χ0n) is 8.67. The summed E-state index contributed by atoms with van der Waals surface area (Å²) in [6.07, 6.45) is 8.52. The molecule has 2 nitrogen and oxygen atoms in total. The molecule has 0 spiro atoms. The second-order valence-electron chi connectivity index (χ2n) is 3.94. The molecule has 0 bridgehead atoms. The molecule has 1 unspecified atom stereocenters. The number of hydrogen-bond donors (Lipinski definition) is 0. The number of nitrogens with zero attached hydrogens (tertiary/aromatic N) is 1. The summed E-state index contributed by atoms with van der Waals surface area (Å²) in [5, 5.41) is 0. The van der Waals surface area contributed by atoms with Crippen LogP contribution in [0.2, 0.25) is 0 Å². The zero-order valence-corrected chi connectivity index (χ0v) is 8.67. The number of carbonyl (C=O) groups excluding carboxylic acids is 1. The number of aldehydes is 1. The van der Waals surface area contributed by atoms with Crippen molar-refractivity contribution < 1.29 is 4.79 Å². The third-order valence-electron chi connectivity index (χ3n) is 2.87. The van der Waals surface area contributed by atoms with Gasteiger partial charge in [0.25, 0.3) is 0 Å². The van der Waals surface area contributed by atoms with Crippen LogP contribution in [0.1, 0.15) is 45.4 Å². The van der Waals surface area contributed by atoms with Crippen LogP contribution in [-0.2, 0) is 4.79 Å². The van der Waals surface area contributed by atoms with Gasteiger partial charge in [-0.3, -0.25) is 4.90 Å². The van der Waals surface area contributed by atoms with Gasteiger partial charge < -0.3 is 4.79 Å². The molecule has 1 atom stereocenters. The number of rotatable bonds is 5. The molecule has 0 aromatic carbocycles. The molecule has 0 radical (unpaired) electrons. The van der Waals surface area contributed by atoms with E-state index in [1.54, 1.807) is 0 Å². The van der Waals surface area contributed by atoms with E-state index in [0.717, 1.165) is 25.8 Å². The molecule has 1 aliphatic heterocycles. The van der Waals surface area contributed by atoms with Gasteiger partial charge in [-0.05, 0) is 32.4 Å². The van der Waals surface area contributed by atoms with Gasteiger partial charge in [0.05, 0.1) is 6.04 Å². The van der Waals surface area contributed by atoms with Crippen LogP contribution in [-0.4, -0.2) is 30.3 Å². The summed E-state index contributed by atoms with van der Waals surface area (Å²) >= 11 is 0. The van der Waals surface area contributed by atoms with E-state index < -0.39 is 0 Å². The van der Waals surface area contributed by atoms with Crippen LogP contribution in [0.5, 0.6) is 0 Å². The van der Waals surface area contributed by atoms with Crippen molar-refractivity contribution in [3.63, 3.8) is 0 Å². The Hall–Kier alpha value is -0.370. The van der Waals surface area contributed by atoms with Crippen LogP contribution in [0.25, 0.3) is 0 Å². The third kappa shape index (κ3) is 3.47. The minimum atomic E-state index is 0.227. The average Bonchev–Trinajstić information content (AvgIpc) is 2.19. The normalized spacial score (nSPS) is 24.5. The highest BCUT2D eigenvalue weighted by Gasteiger charge is 2.20. The van der Waals surface area contributed by atoms with E-state index in [4.69, 9.17) is 0 Å². The lowest BCUT2D eigenvalue weighted by Gasteiger charge is -2.32. The SMILES string of the molecule is CCCCCN1CCCCC1C=O. The summed E-state index contributed by atoms with van der Waals surface area (Å²) in [6, 6.07) is 0.227. The van der Waals surface area contributed by atoms with Crippen molar-refractivity contribution in [3.05, 3.63) is 0 Å². The largest absolute Gasteiger partial charge is 0.302 e. The molecule has 13 heavy (non-hydrogen) atoms. The Balaban J connectivity index is 2.23. The van der Waals surface area contributed by atoms with Crippen molar-refractivity contribution in [2.75, 3.05) is 13.1 Å². The van der Waals surface area contributed by atoms with E-state index in [-0.39, 0.29) is 6.04 Å². The molecule has 0 N–H and O–H groups in total. The Kier molecular flexibility index (Phi) is 5.06. The Morgan fingerprint density at radius 2 is 2.23 bits per heavy atom. The zero-order chi connectivity index (χ0) is 9.52. The van der Waals surface area contributed by atoms with Gasteiger partial charge in [0, 0.05) is 0 Å².